The number of benzene rings is 2. The molecule has 1 aliphatic heterocycles. The second-order valence-corrected chi connectivity index (χ2v) is 6.42. The van der Waals surface area contributed by atoms with Crippen LogP contribution in [0.4, 0.5) is 5.69 Å². The van der Waals surface area contributed by atoms with Crippen LogP contribution in [0.2, 0.25) is 0 Å². The Kier molecular flexibility index (Phi) is 4.84. The Balaban J connectivity index is 1.42. The van der Waals surface area contributed by atoms with E-state index in [4.69, 9.17) is 4.74 Å². The molecular formula is C20H20N4O3. The topological polar surface area (TPSA) is 76.5 Å². The van der Waals surface area contributed by atoms with Crippen LogP contribution in [0, 0.1) is 0 Å². The van der Waals surface area contributed by atoms with Gasteiger partial charge in [0.25, 0.3) is 5.91 Å². The van der Waals surface area contributed by atoms with Gasteiger partial charge in [-0.1, -0.05) is 24.3 Å². The molecule has 1 fully saturated rings. The zero-order valence-corrected chi connectivity index (χ0v) is 14.8. The van der Waals surface area contributed by atoms with Crippen LogP contribution in [0.5, 0.6) is 0 Å². The van der Waals surface area contributed by atoms with Crippen molar-refractivity contribution in [1.82, 2.24) is 14.7 Å². The molecule has 1 saturated heterocycles. The molecule has 0 bridgehead atoms. The molecule has 3 aromatic rings. The van der Waals surface area contributed by atoms with Crippen LogP contribution in [-0.2, 0) is 16.1 Å². The predicted molar refractivity (Wildman–Crippen MR) is 102 cm³/mol. The highest BCUT2D eigenvalue weighted by Gasteiger charge is 2.18. The molecule has 0 spiro atoms. The summed E-state index contributed by atoms with van der Waals surface area (Å²) in [5.41, 5.74) is 2.00. The highest BCUT2D eigenvalue weighted by atomic mass is 16.5. The lowest BCUT2D eigenvalue weighted by Crippen LogP contribution is -2.40. The van der Waals surface area contributed by atoms with E-state index in [9.17, 15) is 9.59 Å². The lowest BCUT2D eigenvalue weighted by molar-refractivity contribution is -0.116. The molecule has 1 aromatic heterocycles. The van der Waals surface area contributed by atoms with E-state index in [0.717, 1.165) is 10.9 Å². The van der Waals surface area contributed by atoms with Crippen LogP contribution >= 0.6 is 0 Å². The number of morpholine rings is 1. The van der Waals surface area contributed by atoms with Gasteiger partial charge < -0.3 is 15.0 Å². The Morgan fingerprint density at radius 3 is 2.70 bits per heavy atom. The number of hydrogen-bond acceptors (Lipinski definition) is 4. The molecule has 2 aromatic carbocycles. The molecule has 27 heavy (non-hydrogen) atoms. The van der Waals surface area contributed by atoms with E-state index in [2.05, 4.69) is 10.4 Å². The van der Waals surface area contributed by atoms with Gasteiger partial charge in [-0.15, -0.1) is 0 Å². The monoisotopic (exact) mass is 364 g/mol. The van der Waals surface area contributed by atoms with Crippen LogP contribution in [0.15, 0.2) is 54.7 Å². The molecule has 0 unspecified atom stereocenters. The van der Waals surface area contributed by atoms with E-state index in [0.29, 0.717) is 37.6 Å². The summed E-state index contributed by atoms with van der Waals surface area (Å²) in [6, 6.07) is 14.7. The van der Waals surface area contributed by atoms with Gasteiger partial charge in [0.15, 0.2) is 0 Å². The summed E-state index contributed by atoms with van der Waals surface area (Å²) in [5.74, 6) is -0.244. The van der Waals surface area contributed by atoms with E-state index in [1.165, 1.54) is 0 Å². The second-order valence-electron chi connectivity index (χ2n) is 6.42. The Morgan fingerprint density at radius 2 is 1.89 bits per heavy atom. The largest absolute Gasteiger partial charge is 0.378 e. The molecule has 1 N–H and O–H groups in total. The molecule has 2 heterocycles. The zero-order chi connectivity index (χ0) is 18.6. The number of rotatable bonds is 4. The normalized spacial score (nSPS) is 14.3. The Bertz CT molecular complexity index is 943. The lowest BCUT2D eigenvalue weighted by Gasteiger charge is -2.27. The third-order valence-electron chi connectivity index (χ3n) is 4.46. The average molecular weight is 364 g/mol. The van der Waals surface area contributed by atoms with E-state index in [1.54, 1.807) is 33.8 Å². The summed E-state index contributed by atoms with van der Waals surface area (Å²) in [6.45, 7) is 2.39. The molecule has 0 aliphatic carbocycles. The Labute approximate surface area is 156 Å². The summed E-state index contributed by atoms with van der Waals surface area (Å²) in [4.78, 5) is 26.7. The minimum atomic E-state index is -0.196. The number of nitrogens with one attached hydrogen (secondary N) is 1. The Hall–Kier alpha value is -3.19. The van der Waals surface area contributed by atoms with Crippen molar-refractivity contribution < 1.29 is 14.3 Å². The van der Waals surface area contributed by atoms with Gasteiger partial charge in [0.1, 0.15) is 6.54 Å². The van der Waals surface area contributed by atoms with E-state index >= 15 is 0 Å². The minimum Gasteiger partial charge on any atom is -0.378 e. The number of amides is 2. The van der Waals surface area contributed by atoms with Crippen molar-refractivity contribution in [2.75, 3.05) is 31.6 Å². The molecule has 0 atom stereocenters. The number of aromatic nitrogens is 2. The number of anilines is 1. The fourth-order valence-electron chi connectivity index (χ4n) is 3.12. The summed E-state index contributed by atoms with van der Waals surface area (Å²) in [7, 11) is 0. The Morgan fingerprint density at radius 1 is 1.07 bits per heavy atom. The van der Waals surface area contributed by atoms with Gasteiger partial charge in [0.05, 0.1) is 18.7 Å². The van der Waals surface area contributed by atoms with Gasteiger partial charge in [-0.25, -0.2) is 0 Å². The highest BCUT2D eigenvalue weighted by Crippen LogP contribution is 2.15. The van der Waals surface area contributed by atoms with Crippen LogP contribution in [0.3, 0.4) is 0 Å². The smallest absolute Gasteiger partial charge is 0.254 e. The van der Waals surface area contributed by atoms with Crippen molar-refractivity contribution in [3.05, 3.63) is 60.3 Å². The fraction of sp³-hybridized carbons (Fsp3) is 0.250. The molecule has 7 heteroatoms. The third-order valence-corrected chi connectivity index (χ3v) is 4.46. The number of carbonyl (C=O) groups excluding carboxylic acids is 2. The van der Waals surface area contributed by atoms with Crippen molar-refractivity contribution in [2.45, 2.75) is 6.54 Å². The first-order valence-electron chi connectivity index (χ1n) is 8.88. The first-order valence-corrected chi connectivity index (χ1v) is 8.88. The molecule has 7 nitrogen and oxygen atoms in total. The highest BCUT2D eigenvalue weighted by molar-refractivity contribution is 5.97. The van der Waals surface area contributed by atoms with Crippen molar-refractivity contribution in [2.24, 2.45) is 0 Å². The summed E-state index contributed by atoms with van der Waals surface area (Å²) in [5, 5.41) is 8.21. The summed E-state index contributed by atoms with van der Waals surface area (Å²) in [6.07, 6.45) is 1.84. The van der Waals surface area contributed by atoms with Gasteiger partial charge in [0.2, 0.25) is 5.91 Å². The van der Waals surface area contributed by atoms with Gasteiger partial charge in [-0.3, -0.25) is 14.3 Å². The maximum absolute atomic E-state index is 12.6. The van der Waals surface area contributed by atoms with Crippen molar-refractivity contribution in [3.8, 4) is 0 Å². The molecule has 138 valence electrons. The van der Waals surface area contributed by atoms with Crippen LogP contribution < -0.4 is 5.32 Å². The summed E-state index contributed by atoms with van der Waals surface area (Å²) < 4.78 is 6.90. The van der Waals surface area contributed by atoms with Crippen LogP contribution in [0.1, 0.15) is 10.4 Å². The van der Waals surface area contributed by atoms with Crippen molar-refractivity contribution in [1.29, 1.82) is 0 Å². The van der Waals surface area contributed by atoms with Crippen LogP contribution in [0.25, 0.3) is 10.9 Å². The number of fused-ring (bicyclic) bond motifs is 1. The standard InChI is InChI=1S/C20H20N4O3/c25-19(14-24-13-16-4-1-2-7-18(16)22-24)21-17-6-3-5-15(12-17)20(26)23-8-10-27-11-9-23/h1-7,12-13H,8-11,14H2,(H,21,25). The minimum absolute atomic E-state index is 0.0484. The van der Waals surface area contributed by atoms with Crippen molar-refractivity contribution >= 4 is 28.4 Å². The molecule has 0 saturated carbocycles. The fourth-order valence-corrected chi connectivity index (χ4v) is 3.12. The van der Waals surface area contributed by atoms with E-state index in [1.807, 2.05) is 30.5 Å². The second kappa shape index (κ2) is 7.59. The predicted octanol–water partition coefficient (Wildman–Crippen LogP) is 2.15. The van der Waals surface area contributed by atoms with Gasteiger partial charge >= 0.3 is 0 Å². The zero-order valence-electron chi connectivity index (χ0n) is 14.8. The van der Waals surface area contributed by atoms with E-state index < -0.39 is 0 Å². The SMILES string of the molecule is O=C(Cn1cc2ccccc2n1)Nc1cccc(C(=O)N2CCOCC2)c1. The third kappa shape index (κ3) is 3.98. The number of nitrogens with zero attached hydrogens (tertiary/aromatic N) is 3. The molecule has 4 rings (SSSR count). The quantitative estimate of drug-likeness (QED) is 0.770. The molecule has 2 amide bonds. The first kappa shape index (κ1) is 17.2. The molecule has 1 aliphatic rings. The maximum atomic E-state index is 12.6. The number of carbonyl (C=O) groups is 2. The average Bonchev–Trinajstić information content (AvgIpc) is 3.10. The number of hydrogen-bond donors (Lipinski definition) is 1. The lowest BCUT2D eigenvalue weighted by atomic mass is 10.1. The van der Waals surface area contributed by atoms with Crippen molar-refractivity contribution in [3.63, 3.8) is 0 Å². The van der Waals surface area contributed by atoms with Gasteiger partial charge in [0, 0.05) is 35.9 Å². The maximum Gasteiger partial charge on any atom is 0.254 e. The molecule has 0 radical (unpaired) electrons. The van der Waals surface area contributed by atoms with Gasteiger partial charge in [-0.05, 0) is 24.3 Å². The first-order chi connectivity index (χ1) is 13.2. The van der Waals surface area contributed by atoms with Gasteiger partial charge in [-0.2, -0.15) is 5.10 Å². The van der Waals surface area contributed by atoms with E-state index in [-0.39, 0.29) is 18.4 Å². The van der Waals surface area contributed by atoms with Crippen LogP contribution in [-0.4, -0.2) is 52.8 Å². The number of ether oxygens (including phenoxy) is 1. The summed E-state index contributed by atoms with van der Waals surface area (Å²) >= 11 is 0. The molecular weight excluding hydrogens is 344 g/mol.